The molecule has 1 aliphatic rings. The third-order valence-corrected chi connectivity index (χ3v) is 2.83. The van der Waals surface area contributed by atoms with E-state index in [1.54, 1.807) is 0 Å². The monoisotopic (exact) mass is 162 g/mol. The summed E-state index contributed by atoms with van der Waals surface area (Å²) in [6.07, 6.45) is 2.91. The molecule has 1 heteroatoms. The van der Waals surface area contributed by atoms with Gasteiger partial charge in [-0.2, -0.15) is 0 Å². The number of alkyl halides is 1. The van der Waals surface area contributed by atoms with Crippen molar-refractivity contribution in [2.75, 3.05) is 5.33 Å². The first kappa shape index (κ1) is 5.61. The van der Waals surface area contributed by atoms with Crippen LogP contribution in [0.3, 0.4) is 0 Å². The summed E-state index contributed by atoms with van der Waals surface area (Å²) in [4.78, 5) is 0. The maximum Gasteiger partial charge on any atom is 0.00622 e. The van der Waals surface area contributed by atoms with Gasteiger partial charge in [-0.3, -0.25) is 0 Å². The van der Waals surface area contributed by atoms with Crippen molar-refractivity contribution in [3.05, 3.63) is 0 Å². The SMILES string of the molecule is CC1CCC1CBr. The van der Waals surface area contributed by atoms with Crippen molar-refractivity contribution in [2.45, 2.75) is 19.8 Å². The molecule has 1 fully saturated rings. The maximum atomic E-state index is 3.47. The molecule has 1 saturated carbocycles. The Morgan fingerprint density at radius 3 is 2.29 bits per heavy atom. The Morgan fingerprint density at radius 1 is 1.57 bits per heavy atom. The molecule has 0 N–H and O–H groups in total. The first-order valence-corrected chi connectivity index (χ1v) is 4.02. The average Bonchev–Trinajstić information content (AvgIpc) is 1.65. The lowest BCUT2D eigenvalue weighted by Gasteiger charge is -2.31. The zero-order chi connectivity index (χ0) is 5.28. The molecule has 0 saturated heterocycles. The van der Waals surface area contributed by atoms with Gasteiger partial charge in [0.05, 0.1) is 0 Å². The van der Waals surface area contributed by atoms with E-state index in [4.69, 9.17) is 0 Å². The van der Waals surface area contributed by atoms with E-state index in [9.17, 15) is 0 Å². The van der Waals surface area contributed by atoms with Crippen molar-refractivity contribution in [3.8, 4) is 0 Å². The molecule has 0 amide bonds. The summed E-state index contributed by atoms with van der Waals surface area (Å²) in [5.74, 6) is 2.00. The minimum absolute atomic E-state index is 0.999. The molecule has 42 valence electrons. The highest BCUT2D eigenvalue weighted by molar-refractivity contribution is 9.09. The van der Waals surface area contributed by atoms with Gasteiger partial charge in [0, 0.05) is 5.33 Å². The lowest BCUT2D eigenvalue weighted by molar-refractivity contribution is 0.226. The van der Waals surface area contributed by atoms with Crippen molar-refractivity contribution in [3.63, 3.8) is 0 Å². The molecule has 0 aliphatic heterocycles. The maximum absolute atomic E-state index is 3.47. The Labute approximate surface area is 53.4 Å². The Hall–Kier alpha value is 0.480. The Balaban J connectivity index is 2.16. The zero-order valence-corrected chi connectivity index (χ0v) is 6.24. The molecule has 0 nitrogen and oxygen atoms in total. The van der Waals surface area contributed by atoms with Crippen molar-refractivity contribution < 1.29 is 0 Å². The molecule has 0 heterocycles. The van der Waals surface area contributed by atoms with E-state index >= 15 is 0 Å². The molecular weight excluding hydrogens is 152 g/mol. The van der Waals surface area contributed by atoms with Gasteiger partial charge in [0.1, 0.15) is 0 Å². The van der Waals surface area contributed by atoms with E-state index < -0.39 is 0 Å². The first-order chi connectivity index (χ1) is 3.34. The fourth-order valence-corrected chi connectivity index (χ4v) is 1.93. The predicted octanol–water partition coefficient (Wildman–Crippen LogP) is 2.43. The van der Waals surface area contributed by atoms with Gasteiger partial charge in [-0.1, -0.05) is 29.3 Å². The molecule has 7 heavy (non-hydrogen) atoms. The second-order valence-corrected chi connectivity index (χ2v) is 3.12. The standard InChI is InChI=1S/C6H11Br/c1-5-2-3-6(5)4-7/h5-6H,2-4H2,1H3. The number of halogens is 1. The van der Waals surface area contributed by atoms with Crippen LogP contribution < -0.4 is 0 Å². The topological polar surface area (TPSA) is 0 Å². The van der Waals surface area contributed by atoms with Gasteiger partial charge < -0.3 is 0 Å². The Kier molecular flexibility index (Phi) is 1.74. The largest absolute Gasteiger partial charge is 0.0925 e. The summed E-state index contributed by atoms with van der Waals surface area (Å²) >= 11 is 3.47. The normalized spacial score (nSPS) is 40.3. The molecule has 0 radical (unpaired) electrons. The van der Waals surface area contributed by atoms with E-state index in [1.807, 2.05) is 0 Å². The minimum Gasteiger partial charge on any atom is -0.0925 e. The third-order valence-electron chi connectivity index (χ3n) is 2.00. The van der Waals surface area contributed by atoms with Crippen molar-refractivity contribution >= 4 is 15.9 Å². The lowest BCUT2D eigenvalue weighted by Crippen LogP contribution is -2.23. The van der Waals surface area contributed by atoms with Crippen LogP contribution in [0.15, 0.2) is 0 Å². The van der Waals surface area contributed by atoms with E-state index in [0.717, 1.165) is 11.8 Å². The quantitative estimate of drug-likeness (QED) is 0.520. The van der Waals surface area contributed by atoms with Crippen LogP contribution in [-0.4, -0.2) is 5.33 Å². The van der Waals surface area contributed by atoms with Crippen LogP contribution in [0, 0.1) is 11.8 Å². The summed E-state index contributed by atoms with van der Waals surface area (Å²) in [5.41, 5.74) is 0. The minimum atomic E-state index is 0.999. The number of hydrogen-bond donors (Lipinski definition) is 0. The second-order valence-electron chi connectivity index (χ2n) is 2.47. The molecule has 0 aromatic heterocycles. The van der Waals surface area contributed by atoms with Crippen LogP contribution in [-0.2, 0) is 0 Å². The number of hydrogen-bond acceptors (Lipinski definition) is 0. The van der Waals surface area contributed by atoms with Crippen molar-refractivity contribution in [1.82, 2.24) is 0 Å². The van der Waals surface area contributed by atoms with Gasteiger partial charge in [-0.15, -0.1) is 0 Å². The summed E-state index contributed by atoms with van der Waals surface area (Å²) in [5, 5.41) is 1.22. The molecule has 1 rings (SSSR count). The van der Waals surface area contributed by atoms with E-state index in [1.165, 1.54) is 18.2 Å². The summed E-state index contributed by atoms with van der Waals surface area (Å²) in [6, 6.07) is 0. The molecule has 0 aromatic carbocycles. The number of rotatable bonds is 1. The highest BCUT2D eigenvalue weighted by Gasteiger charge is 2.24. The van der Waals surface area contributed by atoms with Crippen LogP contribution in [0.5, 0.6) is 0 Å². The molecular formula is C6H11Br. The van der Waals surface area contributed by atoms with Gasteiger partial charge in [0.25, 0.3) is 0 Å². The first-order valence-electron chi connectivity index (χ1n) is 2.90. The molecule has 2 unspecified atom stereocenters. The van der Waals surface area contributed by atoms with Crippen LogP contribution in [0.2, 0.25) is 0 Å². The highest BCUT2D eigenvalue weighted by Crippen LogP contribution is 2.34. The lowest BCUT2D eigenvalue weighted by atomic mass is 9.76. The van der Waals surface area contributed by atoms with Gasteiger partial charge in [0.2, 0.25) is 0 Å². The van der Waals surface area contributed by atoms with Crippen LogP contribution in [0.1, 0.15) is 19.8 Å². The molecule has 0 spiro atoms. The molecule has 1 aliphatic carbocycles. The van der Waals surface area contributed by atoms with Gasteiger partial charge >= 0.3 is 0 Å². The van der Waals surface area contributed by atoms with Gasteiger partial charge in [0.15, 0.2) is 0 Å². The average molecular weight is 163 g/mol. The smallest absolute Gasteiger partial charge is 0.00622 e. The van der Waals surface area contributed by atoms with E-state index in [-0.39, 0.29) is 0 Å². The predicted molar refractivity (Wildman–Crippen MR) is 35.7 cm³/mol. The summed E-state index contributed by atoms with van der Waals surface area (Å²) in [7, 11) is 0. The van der Waals surface area contributed by atoms with E-state index in [0.29, 0.717) is 0 Å². The van der Waals surface area contributed by atoms with Crippen molar-refractivity contribution in [1.29, 1.82) is 0 Å². The van der Waals surface area contributed by atoms with Crippen LogP contribution >= 0.6 is 15.9 Å². The fourth-order valence-electron chi connectivity index (χ4n) is 0.965. The van der Waals surface area contributed by atoms with Gasteiger partial charge in [-0.25, -0.2) is 0 Å². The Morgan fingerprint density at radius 2 is 2.29 bits per heavy atom. The molecule has 0 aromatic rings. The zero-order valence-electron chi connectivity index (χ0n) is 4.65. The van der Waals surface area contributed by atoms with Gasteiger partial charge in [-0.05, 0) is 18.3 Å². The van der Waals surface area contributed by atoms with Crippen LogP contribution in [0.25, 0.3) is 0 Å². The molecule has 2 atom stereocenters. The third kappa shape index (κ3) is 0.987. The van der Waals surface area contributed by atoms with Crippen LogP contribution in [0.4, 0.5) is 0 Å². The van der Waals surface area contributed by atoms with E-state index in [2.05, 4.69) is 22.9 Å². The fraction of sp³-hybridized carbons (Fsp3) is 1.00. The second kappa shape index (κ2) is 2.17. The van der Waals surface area contributed by atoms with Crippen molar-refractivity contribution in [2.24, 2.45) is 11.8 Å². The highest BCUT2D eigenvalue weighted by atomic mass is 79.9. The summed E-state index contributed by atoms with van der Waals surface area (Å²) in [6.45, 7) is 2.33. The molecule has 0 bridgehead atoms. The Bertz CT molecular complexity index is 59.2. The summed E-state index contributed by atoms with van der Waals surface area (Å²) < 4.78 is 0.